The summed E-state index contributed by atoms with van der Waals surface area (Å²) < 4.78 is 37.3. The van der Waals surface area contributed by atoms with E-state index in [0.29, 0.717) is 25.7 Å². The highest BCUT2D eigenvalue weighted by Gasteiger charge is 2.55. The molecule has 3 fully saturated rings. The minimum Gasteiger partial charge on any atom is -0.484 e. The maximum Gasteiger partial charge on any atom is 0.258 e. The third kappa shape index (κ3) is 5.79. The third-order valence-electron chi connectivity index (χ3n) is 6.64. The van der Waals surface area contributed by atoms with E-state index in [2.05, 4.69) is 10.6 Å². The highest BCUT2D eigenvalue weighted by atomic mass is 35.5. The average Bonchev–Trinajstić information content (AvgIpc) is 2.82. The Labute approximate surface area is 210 Å². The summed E-state index contributed by atoms with van der Waals surface area (Å²) >= 11 is 11.4. The van der Waals surface area contributed by atoms with Crippen molar-refractivity contribution >= 4 is 35.0 Å². The number of aliphatic hydroxyl groups is 1. The number of carbonyl (C=O) groups is 2. The van der Waals surface area contributed by atoms with Crippen LogP contribution in [0.1, 0.15) is 32.1 Å². The second-order valence-corrected chi connectivity index (χ2v) is 9.80. The molecule has 2 bridgehead atoms. The molecule has 3 aliphatic rings. The van der Waals surface area contributed by atoms with Gasteiger partial charge in [0, 0.05) is 17.7 Å². The first-order valence-corrected chi connectivity index (χ1v) is 11.8. The zero-order chi connectivity index (χ0) is 25.2. The minimum absolute atomic E-state index is 0.102. The molecular formula is C24H24Cl2F2N2O5. The fourth-order valence-corrected chi connectivity index (χ4v) is 5.08. The van der Waals surface area contributed by atoms with Crippen LogP contribution in [0.2, 0.25) is 10.0 Å². The van der Waals surface area contributed by atoms with E-state index < -0.39 is 34.7 Å². The van der Waals surface area contributed by atoms with Gasteiger partial charge in [0.25, 0.3) is 11.8 Å². The van der Waals surface area contributed by atoms with E-state index in [4.69, 9.17) is 32.7 Å². The lowest BCUT2D eigenvalue weighted by molar-refractivity contribution is -0.137. The van der Waals surface area contributed by atoms with Crippen LogP contribution < -0.4 is 20.1 Å². The molecule has 2 aromatic rings. The predicted octanol–water partition coefficient (Wildman–Crippen LogP) is 3.78. The van der Waals surface area contributed by atoms with Crippen LogP contribution in [0.25, 0.3) is 0 Å². The molecule has 2 amide bonds. The van der Waals surface area contributed by atoms with Gasteiger partial charge >= 0.3 is 0 Å². The first kappa shape index (κ1) is 25.5. The smallest absolute Gasteiger partial charge is 0.258 e. The Kier molecular flexibility index (Phi) is 7.40. The van der Waals surface area contributed by atoms with Crippen LogP contribution in [0.15, 0.2) is 36.4 Å². The molecule has 1 atom stereocenters. The molecule has 0 aliphatic heterocycles. The highest BCUT2D eigenvalue weighted by molar-refractivity contribution is 6.31. The van der Waals surface area contributed by atoms with Crippen molar-refractivity contribution in [2.75, 3.05) is 13.2 Å². The maximum absolute atomic E-state index is 13.3. The summed E-state index contributed by atoms with van der Waals surface area (Å²) in [6.07, 6.45) is 1.47. The Morgan fingerprint density at radius 1 is 0.886 bits per heavy atom. The number of ether oxygens (including phenoxy) is 2. The zero-order valence-electron chi connectivity index (χ0n) is 18.6. The van der Waals surface area contributed by atoms with E-state index in [1.54, 1.807) is 0 Å². The van der Waals surface area contributed by atoms with Gasteiger partial charge in [-0.1, -0.05) is 23.2 Å². The first-order valence-electron chi connectivity index (χ1n) is 11.1. The van der Waals surface area contributed by atoms with Gasteiger partial charge in [0.05, 0.1) is 21.7 Å². The monoisotopic (exact) mass is 528 g/mol. The topological polar surface area (TPSA) is 96.9 Å². The average molecular weight is 529 g/mol. The van der Waals surface area contributed by atoms with Crippen LogP contribution in [0.3, 0.4) is 0 Å². The summed E-state index contributed by atoms with van der Waals surface area (Å²) in [5.41, 5.74) is -1.41. The van der Waals surface area contributed by atoms with Gasteiger partial charge in [-0.3, -0.25) is 9.59 Å². The summed E-state index contributed by atoms with van der Waals surface area (Å²) in [7, 11) is 0. The molecule has 2 aromatic carbocycles. The van der Waals surface area contributed by atoms with E-state index in [0.717, 1.165) is 12.1 Å². The fourth-order valence-electron chi connectivity index (χ4n) is 4.74. The van der Waals surface area contributed by atoms with Crippen LogP contribution >= 0.6 is 23.2 Å². The largest absolute Gasteiger partial charge is 0.484 e. The standard InChI is InChI=1S/C24H24Cl2F2N2O5/c25-16-9-14(1-3-18(16)27)34-12-21(32)29-23-5-7-24(8-6-23,20(31)11-23)30-22(33)13-35-15-2-4-19(28)17(26)10-15/h1-4,9-10,20,31H,5-8,11-13H2,(H,29,32)(H,30,33)/t20-,23?,24?/m1/s1. The Morgan fingerprint density at radius 3 is 1.83 bits per heavy atom. The fraction of sp³-hybridized carbons (Fsp3) is 0.417. The van der Waals surface area contributed by atoms with Crippen molar-refractivity contribution in [3.05, 3.63) is 58.1 Å². The van der Waals surface area contributed by atoms with E-state index in [9.17, 15) is 23.5 Å². The summed E-state index contributed by atoms with van der Waals surface area (Å²) in [5.74, 6) is -1.44. The molecule has 0 saturated heterocycles. The normalized spacial score (nSPS) is 25.1. The number of aliphatic hydroxyl groups excluding tert-OH is 1. The van der Waals surface area contributed by atoms with Crippen molar-refractivity contribution in [1.82, 2.24) is 10.6 Å². The third-order valence-corrected chi connectivity index (χ3v) is 7.22. The SMILES string of the molecule is O=C(COc1ccc(F)c(Cl)c1)NC12CCC(NC(=O)COc3ccc(F)c(Cl)c3)(CC1)[C@H](O)C2. The lowest BCUT2D eigenvalue weighted by Gasteiger charge is -2.56. The molecular weight excluding hydrogens is 505 g/mol. The van der Waals surface area contributed by atoms with E-state index >= 15 is 0 Å². The number of hydrogen-bond acceptors (Lipinski definition) is 5. The van der Waals surface area contributed by atoms with Crippen molar-refractivity contribution in [3.8, 4) is 11.5 Å². The second-order valence-electron chi connectivity index (χ2n) is 8.98. The molecule has 35 heavy (non-hydrogen) atoms. The molecule has 3 N–H and O–H groups in total. The lowest BCUT2D eigenvalue weighted by atomic mass is 9.60. The van der Waals surface area contributed by atoms with Gasteiger partial charge < -0.3 is 25.2 Å². The molecule has 0 heterocycles. The Hall–Kier alpha value is -2.62. The molecule has 0 unspecified atom stereocenters. The number of rotatable bonds is 8. The molecule has 0 spiro atoms. The van der Waals surface area contributed by atoms with Crippen molar-refractivity contribution < 1.29 is 33.0 Å². The molecule has 0 aromatic heterocycles. The summed E-state index contributed by atoms with van der Waals surface area (Å²) in [6.45, 7) is -0.602. The number of benzene rings is 2. The van der Waals surface area contributed by atoms with Crippen LogP contribution in [0.4, 0.5) is 8.78 Å². The molecule has 7 nitrogen and oxygen atoms in total. The predicted molar refractivity (Wildman–Crippen MR) is 125 cm³/mol. The first-order chi connectivity index (χ1) is 16.6. The molecule has 3 aliphatic carbocycles. The maximum atomic E-state index is 13.3. The van der Waals surface area contributed by atoms with Crippen LogP contribution in [0, 0.1) is 11.6 Å². The number of hydrogen-bond donors (Lipinski definition) is 3. The van der Waals surface area contributed by atoms with Crippen molar-refractivity contribution in [2.24, 2.45) is 0 Å². The summed E-state index contributed by atoms with van der Waals surface area (Å²) in [4.78, 5) is 25.0. The van der Waals surface area contributed by atoms with Gasteiger partial charge in [-0.05, 0) is 56.4 Å². The number of amides is 2. The molecule has 188 valence electrons. The summed E-state index contributed by atoms with van der Waals surface area (Å²) in [6, 6.07) is 7.62. The van der Waals surface area contributed by atoms with Crippen LogP contribution in [0.5, 0.6) is 11.5 Å². The Balaban J connectivity index is 1.28. The van der Waals surface area contributed by atoms with Crippen molar-refractivity contribution in [2.45, 2.75) is 49.3 Å². The highest BCUT2D eigenvalue weighted by Crippen LogP contribution is 2.47. The molecule has 11 heteroatoms. The molecule has 5 rings (SSSR count). The molecule has 0 radical (unpaired) electrons. The van der Waals surface area contributed by atoms with Crippen molar-refractivity contribution in [1.29, 1.82) is 0 Å². The number of fused-ring (bicyclic) bond motifs is 3. The van der Waals surface area contributed by atoms with Gasteiger partial charge in [0.2, 0.25) is 0 Å². The van der Waals surface area contributed by atoms with E-state index in [1.807, 2.05) is 0 Å². The quantitative estimate of drug-likeness (QED) is 0.484. The number of nitrogens with one attached hydrogen (secondary N) is 2. The van der Waals surface area contributed by atoms with Crippen molar-refractivity contribution in [3.63, 3.8) is 0 Å². The number of carbonyl (C=O) groups excluding carboxylic acids is 2. The summed E-state index contributed by atoms with van der Waals surface area (Å²) in [5, 5.41) is 16.5. The Morgan fingerprint density at radius 2 is 1.37 bits per heavy atom. The van der Waals surface area contributed by atoms with Gasteiger partial charge in [-0.15, -0.1) is 0 Å². The van der Waals surface area contributed by atoms with E-state index in [1.165, 1.54) is 24.3 Å². The van der Waals surface area contributed by atoms with Crippen LogP contribution in [-0.2, 0) is 9.59 Å². The van der Waals surface area contributed by atoms with E-state index in [-0.39, 0.29) is 47.1 Å². The van der Waals surface area contributed by atoms with Gasteiger partial charge in [-0.2, -0.15) is 0 Å². The van der Waals surface area contributed by atoms with Gasteiger partial charge in [0.1, 0.15) is 23.1 Å². The van der Waals surface area contributed by atoms with Crippen LogP contribution in [-0.4, -0.2) is 47.3 Å². The lowest BCUT2D eigenvalue weighted by Crippen LogP contribution is -2.70. The minimum atomic E-state index is -0.869. The number of halogens is 4. The molecule has 3 saturated carbocycles. The van der Waals surface area contributed by atoms with Gasteiger partial charge in [-0.25, -0.2) is 8.78 Å². The Bertz CT molecular complexity index is 1130. The zero-order valence-corrected chi connectivity index (χ0v) is 20.1. The van der Waals surface area contributed by atoms with Gasteiger partial charge in [0.15, 0.2) is 13.2 Å². The second kappa shape index (κ2) is 10.2.